The van der Waals surface area contributed by atoms with Gasteiger partial charge in [0.25, 0.3) is 5.91 Å². The summed E-state index contributed by atoms with van der Waals surface area (Å²) in [5, 5.41) is 12.9. The second-order valence-electron chi connectivity index (χ2n) is 4.55. The molecule has 0 aliphatic carbocycles. The van der Waals surface area contributed by atoms with Gasteiger partial charge in [0.1, 0.15) is 6.26 Å². The molecule has 2 aromatic rings. The SMILES string of the molecule is O=C(O)c1cccc2c1CCCN2C(=O)c1ccon1. The molecule has 102 valence electrons. The summed E-state index contributed by atoms with van der Waals surface area (Å²) in [6.07, 6.45) is 2.72. The number of carboxylic acid groups (broad SMARTS) is 1. The van der Waals surface area contributed by atoms with Crippen LogP contribution in [-0.4, -0.2) is 28.7 Å². The molecule has 0 fully saturated rings. The molecule has 3 rings (SSSR count). The first-order valence-electron chi connectivity index (χ1n) is 6.26. The molecule has 1 aliphatic rings. The van der Waals surface area contributed by atoms with Gasteiger partial charge >= 0.3 is 5.97 Å². The van der Waals surface area contributed by atoms with Crippen LogP contribution in [0.4, 0.5) is 5.69 Å². The summed E-state index contributed by atoms with van der Waals surface area (Å²) in [6, 6.07) is 6.47. The quantitative estimate of drug-likeness (QED) is 0.903. The lowest BCUT2D eigenvalue weighted by atomic mass is 9.96. The molecule has 1 N–H and O–H groups in total. The molecule has 0 spiro atoms. The number of anilines is 1. The Morgan fingerprint density at radius 1 is 1.30 bits per heavy atom. The first-order chi connectivity index (χ1) is 9.68. The van der Waals surface area contributed by atoms with Crippen LogP contribution in [0.15, 0.2) is 35.1 Å². The molecule has 2 heterocycles. The van der Waals surface area contributed by atoms with E-state index in [1.165, 1.54) is 12.3 Å². The maximum Gasteiger partial charge on any atom is 0.336 e. The predicted molar refractivity (Wildman–Crippen MR) is 69.9 cm³/mol. The number of nitrogens with zero attached hydrogens (tertiary/aromatic N) is 2. The van der Waals surface area contributed by atoms with Gasteiger partial charge in [0, 0.05) is 18.3 Å². The first kappa shape index (κ1) is 12.4. The number of hydrogen-bond donors (Lipinski definition) is 1. The number of benzene rings is 1. The van der Waals surface area contributed by atoms with Gasteiger partial charge in [0.05, 0.1) is 5.56 Å². The molecule has 0 saturated heterocycles. The minimum absolute atomic E-state index is 0.221. The Kier molecular flexibility index (Phi) is 2.98. The molecule has 0 radical (unpaired) electrons. The third kappa shape index (κ3) is 1.95. The number of carbonyl (C=O) groups excluding carboxylic acids is 1. The topological polar surface area (TPSA) is 83.6 Å². The Morgan fingerprint density at radius 2 is 2.15 bits per heavy atom. The Hall–Kier alpha value is -2.63. The van der Waals surface area contributed by atoms with Crippen LogP contribution >= 0.6 is 0 Å². The van der Waals surface area contributed by atoms with Crippen molar-refractivity contribution >= 4 is 17.6 Å². The molecular formula is C14H12N2O4. The Bertz CT molecular complexity index is 664. The summed E-state index contributed by atoms with van der Waals surface area (Å²) in [4.78, 5) is 25.2. The van der Waals surface area contributed by atoms with Gasteiger partial charge in [-0.1, -0.05) is 11.2 Å². The molecule has 1 amide bonds. The Labute approximate surface area is 114 Å². The van der Waals surface area contributed by atoms with Crippen LogP contribution < -0.4 is 4.90 Å². The summed E-state index contributed by atoms with van der Waals surface area (Å²) in [6.45, 7) is 0.543. The van der Waals surface area contributed by atoms with E-state index >= 15 is 0 Å². The van der Waals surface area contributed by atoms with Crippen molar-refractivity contribution in [1.29, 1.82) is 0 Å². The van der Waals surface area contributed by atoms with Crippen LogP contribution in [0, 0.1) is 0 Å². The van der Waals surface area contributed by atoms with E-state index < -0.39 is 5.97 Å². The molecule has 1 aromatic heterocycles. The number of carbonyl (C=O) groups is 2. The minimum atomic E-state index is -0.974. The van der Waals surface area contributed by atoms with E-state index in [0.29, 0.717) is 24.2 Å². The number of aromatic nitrogens is 1. The Morgan fingerprint density at radius 3 is 2.85 bits per heavy atom. The highest BCUT2D eigenvalue weighted by atomic mass is 16.5. The van der Waals surface area contributed by atoms with Crippen LogP contribution in [0.2, 0.25) is 0 Å². The highest BCUT2D eigenvalue weighted by Crippen LogP contribution is 2.30. The normalized spacial score (nSPS) is 13.9. The second-order valence-corrected chi connectivity index (χ2v) is 4.55. The van der Waals surface area contributed by atoms with Gasteiger partial charge in [0.15, 0.2) is 5.69 Å². The lowest BCUT2D eigenvalue weighted by Gasteiger charge is -2.29. The van der Waals surface area contributed by atoms with E-state index in [0.717, 1.165) is 6.42 Å². The fraction of sp³-hybridized carbons (Fsp3) is 0.214. The van der Waals surface area contributed by atoms with Gasteiger partial charge < -0.3 is 14.5 Å². The van der Waals surface area contributed by atoms with Crippen molar-refractivity contribution in [2.24, 2.45) is 0 Å². The highest BCUT2D eigenvalue weighted by molar-refractivity contribution is 6.06. The molecular weight excluding hydrogens is 260 g/mol. The van der Waals surface area contributed by atoms with E-state index in [4.69, 9.17) is 0 Å². The average molecular weight is 272 g/mol. The molecule has 6 nitrogen and oxygen atoms in total. The fourth-order valence-corrected chi connectivity index (χ4v) is 2.50. The van der Waals surface area contributed by atoms with Crippen LogP contribution in [0.5, 0.6) is 0 Å². The molecule has 6 heteroatoms. The maximum absolute atomic E-state index is 12.4. The zero-order valence-electron chi connectivity index (χ0n) is 10.6. The number of amides is 1. The monoisotopic (exact) mass is 272 g/mol. The Balaban J connectivity index is 2.05. The van der Waals surface area contributed by atoms with E-state index in [9.17, 15) is 14.7 Å². The smallest absolute Gasteiger partial charge is 0.336 e. The van der Waals surface area contributed by atoms with Crippen molar-refractivity contribution in [3.05, 3.63) is 47.3 Å². The fourth-order valence-electron chi connectivity index (χ4n) is 2.50. The number of fused-ring (bicyclic) bond motifs is 1. The van der Waals surface area contributed by atoms with Crippen molar-refractivity contribution in [2.75, 3.05) is 11.4 Å². The van der Waals surface area contributed by atoms with Gasteiger partial charge in [-0.3, -0.25) is 4.79 Å². The molecule has 1 aliphatic heterocycles. The van der Waals surface area contributed by atoms with Gasteiger partial charge in [-0.2, -0.15) is 0 Å². The summed E-state index contributed by atoms with van der Waals surface area (Å²) in [5.41, 5.74) is 1.81. The van der Waals surface area contributed by atoms with Crippen LogP contribution in [0.25, 0.3) is 0 Å². The first-order valence-corrected chi connectivity index (χ1v) is 6.26. The summed E-state index contributed by atoms with van der Waals surface area (Å²) in [7, 11) is 0. The highest BCUT2D eigenvalue weighted by Gasteiger charge is 2.27. The van der Waals surface area contributed by atoms with E-state index in [1.54, 1.807) is 23.1 Å². The van der Waals surface area contributed by atoms with Crippen LogP contribution in [0.1, 0.15) is 32.8 Å². The maximum atomic E-state index is 12.4. The number of hydrogen-bond acceptors (Lipinski definition) is 4. The minimum Gasteiger partial charge on any atom is -0.478 e. The molecule has 0 bridgehead atoms. The average Bonchev–Trinajstić information content (AvgIpc) is 2.99. The van der Waals surface area contributed by atoms with Crippen molar-refractivity contribution in [3.63, 3.8) is 0 Å². The van der Waals surface area contributed by atoms with Crippen LogP contribution in [0.3, 0.4) is 0 Å². The summed E-state index contributed by atoms with van der Waals surface area (Å²) >= 11 is 0. The third-order valence-electron chi connectivity index (χ3n) is 3.38. The van der Waals surface area contributed by atoms with Crippen molar-refractivity contribution in [2.45, 2.75) is 12.8 Å². The molecule has 0 atom stereocenters. The van der Waals surface area contributed by atoms with Crippen molar-refractivity contribution in [1.82, 2.24) is 5.16 Å². The van der Waals surface area contributed by atoms with Crippen LogP contribution in [-0.2, 0) is 6.42 Å². The zero-order valence-corrected chi connectivity index (χ0v) is 10.6. The second kappa shape index (κ2) is 4.80. The molecule has 0 saturated carbocycles. The van der Waals surface area contributed by atoms with Gasteiger partial charge in [-0.05, 0) is 30.5 Å². The predicted octanol–water partition coefficient (Wildman–Crippen LogP) is 1.97. The molecule has 20 heavy (non-hydrogen) atoms. The third-order valence-corrected chi connectivity index (χ3v) is 3.38. The van der Waals surface area contributed by atoms with E-state index in [-0.39, 0.29) is 17.2 Å². The van der Waals surface area contributed by atoms with E-state index in [1.807, 2.05) is 0 Å². The summed E-state index contributed by atoms with van der Waals surface area (Å²) < 4.78 is 4.68. The van der Waals surface area contributed by atoms with Gasteiger partial charge in [-0.15, -0.1) is 0 Å². The lowest BCUT2D eigenvalue weighted by Crippen LogP contribution is -2.36. The number of carboxylic acids is 1. The zero-order chi connectivity index (χ0) is 14.1. The van der Waals surface area contributed by atoms with Gasteiger partial charge in [0.2, 0.25) is 0 Å². The number of aromatic carboxylic acids is 1. The number of rotatable bonds is 2. The molecule has 0 unspecified atom stereocenters. The largest absolute Gasteiger partial charge is 0.478 e. The van der Waals surface area contributed by atoms with Gasteiger partial charge in [-0.25, -0.2) is 4.79 Å². The van der Waals surface area contributed by atoms with Crippen molar-refractivity contribution < 1.29 is 19.2 Å². The van der Waals surface area contributed by atoms with E-state index in [2.05, 4.69) is 9.68 Å². The molecule has 1 aromatic carbocycles. The summed E-state index contributed by atoms with van der Waals surface area (Å²) in [5.74, 6) is -1.25. The standard InChI is InChI=1S/C14H12N2O4/c17-13(11-6-8-20-15-11)16-7-2-4-9-10(14(18)19)3-1-5-12(9)16/h1,3,5-6,8H,2,4,7H2,(H,18,19). The van der Waals surface area contributed by atoms with Crippen molar-refractivity contribution in [3.8, 4) is 0 Å². The lowest BCUT2D eigenvalue weighted by molar-refractivity contribution is 0.0695.